The fourth-order valence-electron chi connectivity index (χ4n) is 1.99. The first-order valence-electron chi connectivity index (χ1n) is 7.74. The molecule has 0 saturated carbocycles. The van der Waals surface area contributed by atoms with Crippen LogP contribution in [0.3, 0.4) is 0 Å². The number of nitrogens with one attached hydrogen (secondary N) is 1. The highest BCUT2D eigenvalue weighted by Crippen LogP contribution is 2.15. The number of pyridine rings is 1. The lowest BCUT2D eigenvalue weighted by Gasteiger charge is -2.10. The molecule has 0 radical (unpaired) electrons. The maximum absolute atomic E-state index is 5.76. The molecule has 0 saturated heterocycles. The van der Waals surface area contributed by atoms with Gasteiger partial charge in [-0.2, -0.15) is 0 Å². The zero-order chi connectivity index (χ0) is 14.6. The summed E-state index contributed by atoms with van der Waals surface area (Å²) in [6, 6.07) is 4.23. The Morgan fingerprint density at radius 1 is 1.30 bits per heavy atom. The Balaban J connectivity index is 2.62. The Bertz CT molecular complexity index is 391. The first-order valence-corrected chi connectivity index (χ1v) is 7.74. The number of aryl methyl sites for hydroxylation is 1. The maximum Gasteiger partial charge on any atom is 0.213 e. The van der Waals surface area contributed by atoms with Crippen molar-refractivity contribution in [1.29, 1.82) is 0 Å². The molecule has 20 heavy (non-hydrogen) atoms. The van der Waals surface area contributed by atoms with Crippen LogP contribution in [-0.4, -0.2) is 18.1 Å². The Hall–Kier alpha value is -1.35. The second kappa shape index (κ2) is 10.4. The van der Waals surface area contributed by atoms with Crippen molar-refractivity contribution in [1.82, 2.24) is 10.3 Å². The number of allylic oxidation sites excluding steroid dienone is 1. The summed E-state index contributed by atoms with van der Waals surface area (Å²) in [5, 5.41) is 3.43. The van der Waals surface area contributed by atoms with Gasteiger partial charge in [0.25, 0.3) is 0 Å². The molecule has 1 heterocycles. The van der Waals surface area contributed by atoms with Gasteiger partial charge < -0.3 is 10.1 Å². The van der Waals surface area contributed by atoms with Gasteiger partial charge in [0.2, 0.25) is 5.88 Å². The predicted molar refractivity (Wildman–Crippen MR) is 85.2 cm³/mol. The van der Waals surface area contributed by atoms with E-state index in [1.807, 2.05) is 6.08 Å². The van der Waals surface area contributed by atoms with E-state index in [4.69, 9.17) is 4.74 Å². The average molecular weight is 276 g/mol. The van der Waals surface area contributed by atoms with Crippen molar-refractivity contribution < 1.29 is 4.74 Å². The van der Waals surface area contributed by atoms with Crippen LogP contribution >= 0.6 is 0 Å². The van der Waals surface area contributed by atoms with Gasteiger partial charge in [-0.1, -0.05) is 26.3 Å². The van der Waals surface area contributed by atoms with Crippen molar-refractivity contribution in [2.45, 2.75) is 52.5 Å². The normalized spacial score (nSPS) is 10.5. The minimum atomic E-state index is 0.705. The van der Waals surface area contributed by atoms with E-state index < -0.39 is 0 Å². The molecule has 0 amide bonds. The third kappa shape index (κ3) is 6.71. The molecule has 0 aromatic carbocycles. The predicted octanol–water partition coefficient (Wildman–Crippen LogP) is 3.88. The second-order valence-electron chi connectivity index (χ2n) is 5.01. The quantitative estimate of drug-likeness (QED) is 0.492. The summed E-state index contributed by atoms with van der Waals surface area (Å²) in [6.07, 6.45) is 7.16. The summed E-state index contributed by atoms with van der Waals surface area (Å²) in [5.41, 5.74) is 2.39. The zero-order valence-electron chi connectivity index (χ0n) is 13.0. The highest BCUT2D eigenvalue weighted by molar-refractivity contribution is 5.25. The molecule has 0 aliphatic rings. The van der Waals surface area contributed by atoms with E-state index in [9.17, 15) is 0 Å². The van der Waals surface area contributed by atoms with E-state index in [0.717, 1.165) is 56.8 Å². The van der Waals surface area contributed by atoms with Gasteiger partial charge in [0, 0.05) is 18.3 Å². The first kappa shape index (κ1) is 16.7. The number of hydrogen-bond donors (Lipinski definition) is 1. The molecule has 1 N–H and O–H groups in total. The van der Waals surface area contributed by atoms with Gasteiger partial charge in [0.1, 0.15) is 0 Å². The number of unbranched alkanes of at least 4 members (excludes halogenated alkanes) is 1. The number of rotatable bonds is 11. The minimum absolute atomic E-state index is 0.705. The smallest absolute Gasteiger partial charge is 0.213 e. The maximum atomic E-state index is 5.76. The molecule has 0 atom stereocenters. The second-order valence-corrected chi connectivity index (χ2v) is 5.01. The van der Waals surface area contributed by atoms with Gasteiger partial charge in [-0.25, -0.2) is 4.98 Å². The Labute approximate surface area is 123 Å². The summed E-state index contributed by atoms with van der Waals surface area (Å²) in [6.45, 7) is 10.7. The largest absolute Gasteiger partial charge is 0.478 e. The molecule has 0 unspecified atom stereocenters. The molecule has 1 aromatic rings. The van der Waals surface area contributed by atoms with Crippen LogP contribution < -0.4 is 10.1 Å². The van der Waals surface area contributed by atoms with Crippen LogP contribution in [0.4, 0.5) is 0 Å². The van der Waals surface area contributed by atoms with Crippen LogP contribution in [0.15, 0.2) is 24.8 Å². The minimum Gasteiger partial charge on any atom is -0.478 e. The highest BCUT2D eigenvalue weighted by atomic mass is 16.5. The van der Waals surface area contributed by atoms with Crippen LogP contribution in [0, 0.1) is 0 Å². The third-order valence-electron chi connectivity index (χ3n) is 2.98. The molecule has 0 fully saturated rings. The van der Waals surface area contributed by atoms with E-state index in [-0.39, 0.29) is 0 Å². The van der Waals surface area contributed by atoms with Gasteiger partial charge in [0.15, 0.2) is 0 Å². The van der Waals surface area contributed by atoms with E-state index in [0.29, 0.717) is 6.61 Å². The number of hydrogen-bond acceptors (Lipinski definition) is 3. The van der Waals surface area contributed by atoms with Crippen molar-refractivity contribution in [3.05, 3.63) is 36.0 Å². The Kier molecular flexibility index (Phi) is 8.72. The van der Waals surface area contributed by atoms with Gasteiger partial charge in [-0.05, 0) is 43.9 Å². The molecule has 3 heteroatoms. The van der Waals surface area contributed by atoms with Crippen LogP contribution in [0.5, 0.6) is 5.88 Å². The molecule has 1 rings (SSSR count). The molecule has 0 aliphatic carbocycles. The van der Waals surface area contributed by atoms with Crippen molar-refractivity contribution in [3.8, 4) is 5.88 Å². The van der Waals surface area contributed by atoms with Crippen LogP contribution in [-0.2, 0) is 13.0 Å². The average Bonchev–Trinajstić information content (AvgIpc) is 2.44. The van der Waals surface area contributed by atoms with E-state index >= 15 is 0 Å². The Morgan fingerprint density at radius 2 is 2.15 bits per heavy atom. The number of aromatic nitrogens is 1. The van der Waals surface area contributed by atoms with E-state index in [1.165, 1.54) is 5.56 Å². The molecular formula is C17H28N2O. The van der Waals surface area contributed by atoms with Gasteiger partial charge in [-0.15, -0.1) is 6.58 Å². The first-order chi connectivity index (χ1) is 9.80. The van der Waals surface area contributed by atoms with Gasteiger partial charge in [-0.3, -0.25) is 0 Å². The summed E-state index contributed by atoms with van der Waals surface area (Å²) in [7, 11) is 0. The van der Waals surface area contributed by atoms with Crippen molar-refractivity contribution in [3.63, 3.8) is 0 Å². The topological polar surface area (TPSA) is 34.1 Å². The lowest BCUT2D eigenvalue weighted by molar-refractivity contribution is 0.299. The van der Waals surface area contributed by atoms with Crippen LogP contribution in [0.2, 0.25) is 0 Å². The molecule has 112 valence electrons. The van der Waals surface area contributed by atoms with E-state index in [2.05, 4.69) is 42.9 Å². The van der Waals surface area contributed by atoms with Crippen molar-refractivity contribution >= 4 is 0 Å². The standard InChI is InChI=1S/C17H28N2O/c1-4-7-8-11-20-17-13-15(14-18-10-6-3)12-16(19-17)9-5-2/h4,12-13,18H,1,5-11,14H2,2-3H3. The summed E-state index contributed by atoms with van der Waals surface area (Å²) >= 11 is 0. The lowest BCUT2D eigenvalue weighted by atomic mass is 10.1. The van der Waals surface area contributed by atoms with E-state index in [1.54, 1.807) is 0 Å². The van der Waals surface area contributed by atoms with Crippen LogP contribution in [0.1, 0.15) is 50.8 Å². The number of nitrogens with zero attached hydrogens (tertiary/aromatic N) is 1. The third-order valence-corrected chi connectivity index (χ3v) is 2.98. The molecule has 1 aromatic heterocycles. The fourth-order valence-corrected chi connectivity index (χ4v) is 1.99. The SMILES string of the molecule is C=CCCCOc1cc(CNCCC)cc(CCC)n1. The number of ether oxygens (including phenoxy) is 1. The molecule has 0 bridgehead atoms. The van der Waals surface area contributed by atoms with Crippen molar-refractivity contribution in [2.24, 2.45) is 0 Å². The van der Waals surface area contributed by atoms with Crippen LogP contribution in [0.25, 0.3) is 0 Å². The fraction of sp³-hybridized carbons (Fsp3) is 0.588. The molecule has 0 spiro atoms. The monoisotopic (exact) mass is 276 g/mol. The molecule has 3 nitrogen and oxygen atoms in total. The zero-order valence-corrected chi connectivity index (χ0v) is 13.0. The highest BCUT2D eigenvalue weighted by Gasteiger charge is 2.03. The molecular weight excluding hydrogens is 248 g/mol. The van der Waals surface area contributed by atoms with Gasteiger partial charge in [0.05, 0.1) is 6.61 Å². The molecule has 0 aliphatic heterocycles. The summed E-state index contributed by atoms with van der Waals surface area (Å²) in [5.74, 6) is 0.758. The summed E-state index contributed by atoms with van der Waals surface area (Å²) < 4.78 is 5.76. The van der Waals surface area contributed by atoms with Crippen molar-refractivity contribution in [2.75, 3.05) is 13.2 Å². The Morgan fingerprint density at radius 3 is 2.85 bits per heavy atom. The summed E-state index contributed by atoms with van der Waals surface area (Å²) in [4.78, 5) is 4.57. The lowest BCUT2D eigenvalue weighted by Crippen LogP contribution is -2.14. The van der Waals surface area contributed by atoms with Gasteiger partial charge >= 0.3 is 0 Å².